The first kappa shape index (κ1) is 13.1. The average Bonchev–Trinajstić information content (AvgIpc) is 2.14. The van der Waals surface area contributed by atoms with Crippen LogP contribution in [0.2, 0.25) is 0 Å². The maximum Gasteiger partial charge on any atom is 0.239 e. The van der Waals surface area contributed by atoms with Crippen molar-refractivity contribution in [3.63, 3.8) is 0 Å². The van der Waals surface area contributed by atoms with E-state index in [9.17, 15) is 13.2 Å². The van der Waals surface area contributed by atoms with Crippen molar-refractivity contribution in [1.29, 1.82) is 0 Å². The molecule has 2 N–H and O–H groups in total. The summed E-state index contributed by atoms with van der Waals surface area (Å²) in [6, 6.07) is 7.02. The van der Waals surface area contributed by atoms with E-state index >= 15 is 0 Å². The first-order valence-corrected chi connectivity index (χ1v) is 7.05. The van der Waals surface area contributed by atoms with Crippen molar-refractivity contribution in [2.45, 2.75) is 0 Å². The molecule has 0 aliphatic carbocycles. The fraction of sp³-hybridized carbons (Fsp3) is 0.222. The lowest BCUT2D eigenvalue weighted by Crippen LogP contribution is -2.32. The van der Waals surface area contributed by atoms with Crippen LogP contribution in [0.15, 0.2) is 28.7 Å². The molecule has 0 bridgehead atoms. The molecule has 0 heterocycles. The molecular weight excluding hydrogens is 296 g/mol. The predicted octanol–water partition coefficient (Wildman–Crippen LogP) is 0.937. The third-order valence-electron chi connectivity index (χ3n) is 1.60. The second-order valence-corrected chi connectivity index (χ2v) is 5.90. The van der Waals surface area contributed by atoms with Gasteiger partial charge < -0.3 is 5.32 Å². The number of hydrogen-bond donors (Lipinski definition) is 2. The number of nitrogens with one attached hydrogen (secondary N) is 2. The number of sulfonamides is 1. The van der Waals surface area contributed by atoms with Gasteiger partial charge in [0, 0.05) is 10.2 Å². The molecule has 0 saturated carbocycles. The molecule has 0 atom stereocenters. The summed E-state index contributed by atoms with van der Waals surface area (Å²) in [6.07, 6.45) is 0.999. The number of rotatable bonds is 4. The molecule has 16 heavy (non-hydrogen) atoms. The summed E-state index contributed by atoms with van der Waals surface area (Å²) in [5.74, 6) is -0.413. The van der Waals surface area contributed by atoms with E-state index in [2.05, 4.69) is 26.0 Å². The van der Waals surface area contributed by atoms with Crippen LogP contribution in [0.25, 0.3) is 0 Å². The van der Waals surface area contributed by atoms with Crippen molar-refractivity contribution in [1.82, 2.24) is 4.72 Å². The summed E-state index contributed by atoms with van der Waals surface area (Å²) in [5.41, 5.74) is 0.606. The topological polar surface area (TPSA) is 75.3 Å². The van der Waals surface area contributed by atoms with Crippen molar-refractivity contribution in [2.24, 2.45) is 0 Å². The second kappa shape index (κ2) is 5.42. The van der Waals surface area contributed by atoms with E-state index in [1.54, 1.807) is 18.2 Å². The van der Waals surface area contributed by atoms with Crippen LogP contribution in [0.3, 0.4) is 0 Å². The molecule has 0 saturated heterocycles. The van der Waals surface area contributed by atoms with E-state index in [4.69, 9.17) is 0 Å². The smallest absolute Gasteiger partial charge is 0.239 e. The predicted molar refractivity (Wildman–Crippen MR) is 65.6 cm³/mol. The Bertz CT molecular complexity index is 487. The molecule has 0 fully saturated rings. The van der Waals surface area contributed by atoms with Crippen LogP contribution >= 0.6 is 15.9 Å². The van der Waals surface area contributed by atoms with Crippen molar-refractivity contribution < 1.29 is 13.2 Å². The van der Waals surface area contributed by atoms with Crippen molar-refractivity contribution in [2.75, 3.05) is 18.1 Å². The normalized spacial score (nSPS) is 11.1. The highest BCUT2D eigenvalue weighted by Crippen LogP contribution is 2.15. The fourth-order valence-corrected chi connectivity index (χ4v) is 1.76. The minimum absolute atomic E-state index is 0.272. The van der Waals surface area contributed by atoms with E-state index in [1.807, 2.05) is 6.07 Å². The van der Waals surface area contributed by atoms with Gasteiger partial charge in [0.15, 0.2) is 0 Å². The number of amides is 1. The highest BCUT2D eigenvalue weighted by atomic mass is 79.9. The van der Waals surface area contributed by atoms with Crippen molar-refractivity contribution in [3.8, 4) is 0 Å². The zero-order valence-corrected chi connectivity index (χ0v) is 10.9. The Balaban J connectivity index is 2.52. The van der Waals surface area contributed by atoms with Gasteiger partial charge in [-0.25, -0.2) is 13.1 Å². The van der Waals surface area contributed by atoms with Gasteiger partial charge in [0.25, 0.3) is 0 Å². The van der Waals surface area contributed by atoms with Crippen LogP contribution in [-0.2, 0) is 14.8 Å². The van der Waals surface area contributed by atoms with E-state index < -0.39 is 15.9 Å². The number of halogens is 1. The van der Waals surface area contributed by atoms with Crippen molar-refractivity contribution in [3.05, 3.63) is 28.7 Å². The first-order chi connectivity index (χ1) is 7.37. The average molecular weight is 307 g/mol. The lowest BCUT2D eigenvalue weighted by atomic mass is 10.3. The SMILES string of the molecule is CS(=O)(=O)NCC(=O)Nc1cccc(Br)c1. The molecule has 1 aromatic rings. The van der Waals surface area contributed by atoms with Gasteiger partial charge >= 0.3 is 0 Å². The molecule has 1 rings (SSSR count). The monoisotopic (exact) mass is 306 g/mol. The van der Waals surface area contributed by atoms with Gasteiger partial charge in [-0.1, -0.05) is 22.0 Å². The highest BCUT2D eigenvalue weighted by Gasteiger charge is 2.06. The molecule has 0 radical (unpaired) electrons. The fourth-order valence-electron chi connectivity index (χ4n) is 0.968. The lowest BCUT2D eigenvalue weighted by molar-refractivity contribution is -0.115. The molecule has 0 spiro atoms. The first-order valence-electron chi connectivity index (χ1n) is 4.37. The minimum Gasteiger partial charge on any atom is -0.325 e. The third kappa shape index (κ3) is 5.24. The van der Waals surface area contributed by atoms with E-state index in [0.717, 1.165) is 10.7 Å². The zero-order chi connectivity index (χ0) is 12.2. The molecule has 0 aliphatic heterocycles. The van der Waals surface area contributed by atoms with Gasteiger partial charge in [-0.05, 0) is 18.2 Å². The Hall–Kier alpha value is -0.920. The van der Waals surface area contributed by atoms with Crippen LogP contribution < -0.4 is 10.0 Å². The second-order valence-electron chi connectivity index (χ2n) is 3.15. The Morgan fingerprint density at radius 1 is 1.44 bits per heavy atom. The van der Waals surface area contributed by atoms with Crippen LogP contribution in [0.4, 0.5) is 5.69 Å². The molecule has 88 valence electrons. The highest BCUT2D eigenvalue weighted by molar-refractivity contribution is 9.10. The summed E-state index contributed by atoms with van der Waals surface area (Å²) >= 11 is 3.26. The van der Waals surface area contributed by atoms with Crippen molar-refractivity contribution >= 4 is 37.5 Å². The van der Waals surface area contributed by atoms with Crippen LogP contribution in [-0.4, -0.2) is 27.1 Å². The number of carbonyl (C=O) groups is 1. The molecule has 0 aromatic heterocycles. The molecule has 0 unspecified atom stereocenters. The van der Waals surface area contributed by atoms with Crippen LogP contribution in [0.5, 0.6) is 0 Å². The maximum atomic E-state index is 11.3. The third-order valence-corrected chi connectivity index (χ3v) is 2.77. The number of carbonyl (C=O) groups excluding carboxylic acids is 1. The molecule has 1 aromatic carbocycles. The maximum absolute atomic E-state index is 11.3. The van der Waals surface area contributed by atoms with Gasteiger partial charge in [0.05, 0.1) is 12.8 Å². The zero-order valence-electron chi connectivity index (χ0n) is 8.53. The van der Waals surface area contributed by atoms with Gasteiger partial charge in [0.1, 0.15) is 0 Å². The van der Waals surface area contributed by atoms with Crippen LogP contribution in [0.1, 0.15) is 0 Å². The van der Waals surface area contributed by atoms with E-state index in [1.165, 1.54) is 0 Å². The summed E-state index contributed by atoms with van der Waals surface area (Å²) < 4.78 is 24.4. The Morgan fingerprint density at radius 3 is 2.69 bits per heavy atom. The Labute approximate surface area is 102 Å². The summed E-state index contributed by atoms with van der Waals surface area (Å²) in [6.45, 7) is -0.272. The van der Waals surface area contributed by atoms with E-state index in [0.29, 0.717) is 5.69 Å². The van der Waals surface area contributed by atoms with Gasteiger partial charge in [-0.2, -0.15) is 0 Å². The molecule has 5 nitrogen and oxygen atoms in total. The van der Waals surface area contributed by atoms with Gasteiger partial charge in [-0.15, -0.1) is 0 Å². The van der Waals surface area contributed by atoms with Gasteiger partial charge in [0.2, 0.25) is 15.9 Å². The number of benzene rings is 1. The summed E-state index contributed by atoms with van der Waals surface area (Å²) in [4.78, 5) is 11.3. The van der Waals surface area contributed by atoms with E-state index in [-0.39, 0.29) is 6.54 Å². The van der Waals surface area contributed by atoms with Gasteiger partial charge in [-0.3, -0.25) is 4.79 Å². The number of anilines is 1. The Morgan fingerprint density at radius 2 is 2.12 bits per heavy atom. The molecule has 0 aliphatic rings. The summed E-state index contributed by atoms with van der Waals surface area (Å²) in [7, 11) is -3.34. The molecule has 7 heteroatoms. The standard InChI is InChI=1S/C9H11BrN2O3S/c1-16(14,15)11-6-9(13)12-8-4-2-3-7(10)5-8/h2-5,11H,6H2,1H3,(H,12,13). The van der Waals surface area contributed by atoms with Crippen LogP contribution in [0, 0.1) is 0 Å². The number of hydrogen-bond acceptors (Lipinski definition) is 3. The molecular formula is C9H11BrN2O3S. The Kier molecular flexibility index (Phi) is 4.45. The molecule has 1 amide bonds. The minimum atomic E-state index is -3.34. The largest absolute Gasteiger partial charge is 0.325 e. The lowest BCUT2D eigenvalue weighted by Gasteiger charge is -2.05. The summed E-state index contributed by atoms with van der Waals surface area (Å²) in [5, 5.41) is 2.56. The quantitative estimate of drug-likeness (QED) is 0.869.